The van der Waals surface area contributed by atoms with Crippen LogP contribution in [-0.2, 0) is 17.1 Å². The number of alkyl halides is 6. The Morgan fingerprint density at radius 2 is 1.73 bits per heavy atom. The van der Waals surface area contributed by atoms with Crippen molar-refractivity contribution in [3.05, 3.63) is 89.0 Å². The number of ether oxygens (including phenoxy) is 2. The first-order valence-corrected chi connectivity index (χ1v) is 15.5. The van der Waals surface area contributed by atoms with Gasteiger partial charge < -0.3 is 19.3 Å². The molecule has 0 aliphatic carbocycles. The average Bonchev–Trinajstić information content (AvgIpc) is 3.54. The summed E-state index contributed by atoms with van der Waals surface area (Å²) in [6, 6.07) is 7.72. The summed E-state index contributed by atoms with van der Waals surface area (Å²) in [5, 5.41) is 0. The SMILES string of the molecule is CCC[C@H]1N(C(=O)c2cnccc2C(F)(F)F)CCC[C@@]1(Oc1ccc(C(F)(F)F)cc1)C(=O)N1CCC(c2c(F)cccc2OC)C1. The van der Waals surface area contributed by atoms with E-state index in [-0.39, 0.29) is 50.2 Å². The standard InChI is InChI=1S/C34H34F7N3O4/c1-3-6-28-32(48-23-11-9-22(10-12-23)33(36,37)38,15-5-17-44(28)30(45)24-19-42-16-13-25(24)34(39,40)41)31(46)43-18-14-21(20-43)29-26(35)7-4-8-27(29)47-2/h4,7-13,16,19,21,28H,3,5-6,14-15,17-18,20H2,1-2H3/t21?,28-,32+/m1/s1. The van der Waals surface area contributed by atoms with Crippen molar-refractivity contribution in [3.63, 3.8) is 0 Å². The quantitative estimate of drug-likeness (QED) is 0.230. The number of amides is 2. The number of methoxy groups -OCH3 is 1. The second-order valence-electron chi connectivity index (χ2n) is 11.9. The monoisotopic (exact) mass is 681 g/mol. The minimum Gasteiger partial charge on any atom is -0.496 e. The van der Waals surface area contributed by atoms with Gasteiger partial charge in [-0.1, -0.05) is 19.4 Å². The van der Waals surface area contributed by atoms with Crippen LogP contribution in [0.2, 0.25) is 0 Å². The number of hydrogen-bond acceptors (Lipinski definition) is 5. The molecule has 48 heavy (non-hydrogen) atoms. The summed E-state index contributed by atoms with van der Waals surface area (Å²) in [5.41, 5.74) is -4.44. The van der Waals surface area contributed by atoms with Crippen LogP contribution in [0.25, 0.3) is 0 Å². The van der Waals surface area contributed by atoms with Gasteiger partial charge in [-0.3, -0.25) is 14.6 Å². The van der Waals surface area contributed by atoms with E-state index < -0.39 is 64.2 Å². The van der Waals surface area contributed by atoms with Gasteiger partial charge in [0, 0.05) is 49.9 Å². The van der Waals surface area contributed by atoms with Crippen LogP contribution >= 0.6 is 0 Å². The Kier molecular flexibility index (Phi) is 9.93. The highest BCUT2D eigenvalue weighted by Crippen LogP contribution is 2.42. The number of nitrogens with zero attached hydrogens (tertiary/aromatic N) is 3. The molecule has 3 aromatic rings. The third kappa shape index (κ3) is 6.79. The van der Waals surface area contributed by atoms with Crippen molar-refractivity contribution >= 4 is 11.8 Å². The van der Waals surface area contributed by atoms with Crippen molar-refractivity contribution in [1.82, 2.24) is 14.8 Å². The first kappa shape index (κ1) is 35.0. The molecule has 2 aromatic carbocycles. The van der Waals surface area contributed by atoms with Gasteiger partial charge in [-0.15, -0.1) is 0 Å². The number of benzene rings is 2. The zero-order valence-corrected chi connectivity index (χ0v) is 26.2. The normalized spacial score (nSPS) is 21.7. The summed E-state index contributed by atoms with van der Waals surface area (Å²) in [6.45, 7) is 1.97. The van der Waals surface area contributed by atoms with Crippen molar-refractivity contribution in [1.29, 1.82) is 0 Å². The Bertz CT molecular complexity index is 1630. The molecule has 0 bridgehead atoms. The Hall–Kier alpha value is -4.36. The lowest BCUT2D eigenvalue weighted by atomic mass is 9.79. The molecule has 3 atom stereocenters. The lowest BCUT2D eigenvalue weighted by molar-refractivity contribution is -0.158. The fraction of sp³-hybridized carbons (Fsp3) is 0.441. The lowest BCUT2D eigenvalue weighted by Crippen LogP contribution is -2.67. The van der Waals surface area contributed by atoms with E-state index in [4.69, 9.17) is 9.47 Å². The van der Waals surface area contributed by atoms with Crippen LogP contribution in [0.3, 0.4) is 0 Å². The average molecular weight is 682 g/mol. The summed E-state index contributed by atoms with van der Waals surface area (Å²) >= 11 is 0. The van der Waals surface area contributed by atoms with E-state index in [9.17, 15) is 35.9 Å². The zero-order valence-electron chi connectivity index (χ0n) is 26.2. The van der Waals surface area contributed by atoms with Crippen LogP contribution < -0.4 is 9.47 Å². The van der Waals surface area contributed by atoms with Gasteiger partial charge >= 0.3 is 12.4 Å². The zero-order chi connectivity index (χ0) is 34.9. The first-order valence-electron chi connectivity index (χ1n) is 15.5. The van der Waals surface area contributed by atoms with Gasteiger partial charge in [-0.2, -0.15) is 26.3 Å². The van der Waals surface area contributed by atoms with Gasteiger partial charge in [-0.05, 0) is 61.7 Å². The van der Waals surface area contributed by atoms with Crippen LogP contribution in [0.15, 0.2) is 60.9 Å². The predicted molar refractivity (Wildman–Crippen MR) is 160 cm³/mol. The molecule has 0 radical (unpaired) electrons. The number of aromatic nitrogens is 1. The third-order valence-electron chi connectivity index (χ3n) is 9.00. The van der Waals surface area contributed by atoms with Crippen LogP contribution in [0.1, 0.15) is 72.0 Å². The molecule has 0 spiro atoms. The molecule has 5 rings (SSSR count). The molecule has 2 fully saturated rings. The Balaban J connectivity index is 1.57. The van der Waals surface area contributed by atoms with E-state index in [1.54, 1.807) is 13.0 Å². The first-order chi connectivity index (χ1) is 22.7. The van der Waals surface area contributed by atoms with Crippen molar-refractivity contribution in [3.8, 4) is 11.5 Å². The van der Waals surface area contributed by atoms with Crippen LogP contribution in [0, 0.1) is 5.82 Å². The lowest BCUT2D eigenvalue weighted by Gasteiger charge is -2.49. The number of halogens is 7. The summed E-state index contributed by atoms with van der Waals surface area (Å²) in [4.78, 5) is 35.1. The summed E-state index contributed by atoms with van der Waals surface area (Å²) in [7, 11) is 1.40. The predicted octanol–water partition coefficient (Wildman–Crippen LogP) is 7.51. The van der Waals surface area contributed by atoms with E-state index >= 15 is 4.39 Å². The van der Waals surface area contributed by atoms with Gasteiger partial charge in [0.2, 0.25) is 5.60 Å². The highest BCUT2D eigenvalue weighted by atomic mass is 19.4. The van der Waals surface area contributed by atoms with E-state index in [0.29, 0.717) is 24.7 Å². The molecule has 0 saturated carbocycles. The highest BCUT2D eigenvalue weighted by Gasteiger charge is 2.56. The maximum atomic E-state index is 15.0. The fourth-order valence-electron chi connectivity index (χ4n) is 6.83. The van der Waals surface area contributed by atoms with Crippen molar-refractivity contribution in [2.24, 2.45) is 0 Å². The molecule has 258 valence electrons. The van der Waals surface area contributed by atoms with E-state index in [1.165, 1.54) is 29.0 Å². The number of pyridine rings is 1. The summed E-state index contributed by atoms with van der Waals surface area (Å²) < 4.78 is 109. The molecule has 0 N–H and O–H groups in total. The molecule has 2 aliphatic rings. The fourth-order valence-corrected chi connectivity index (χ4v) is 6.83. The number of likely N-dealkylation sites (tertiary alicyclic amines) is 2. The Labute approximate surface area is 272 Å². The van der Waals surface area contributed by atoms with Gasteiger partial charge in [0.05, 0.1) is 29.8 Å². The maximum Gasteiger partial charge on any atom is 0.417 e. The van der Waals surface area contributed by atoms with Crippen LogP contribution in [0.5, 0.6) is 11.5 Å². The molecule has 1 unspecified atom stereocenters. The molecule has 7 nitrogen and oxygen atoms in total. The molecule has 2 aliphatic heterocycles. The van der Waals surface area contributed by atoms with E-state index in [1.807, 2.05) is 0 Å². The number of rotatable bonds is 8. The molecule has 14 heteroatoms. The molecular formula is C34H34F7N3O4. The Morgan fingerprint density at radius 1 is 1.00 bits per heavy atom. The Morgan fingerprint density at radius 3 is 2.38 bits per heavy atom. The second kappa shape index (κ2) is 13.6. The van der Waals surface area contributed by atoms with E-state index in [2.05, 4.69) is 4.98 Å². The minimum atomic E-state index is -4.87. The number of carbonyl (C=O) groups is 2. The summed E-state index contributed by atoms with van der Waals surface area (Å²) in [5.74, 6) is -2.37. The van der Waals surface area contributed by atoms with Gasteiger partial charge in [0.15, 0.2) is 0 Å². The molecular weight excluding hydrogens is 647 g/mol. The van der Waals surface area contributed by atoms with Crippen molar-refractivity contribution in [2.45, 2.75) is 68.9 Å². The molecule has 2 amide bonds. The number of carbonyl (C=O) groups excluding carboxylic acids is 2. The molecule has 3 heterocycles. The van der Waals surface area contributed by atoms with Gasteiger partial charge in [-0.25, -0.2) is 4.39 Å². The number of hydrogen-bond donors (Lipinski definition) is 0. The largest absolute Gasteiger partial charge is 0.496 e. The van der Waals surface area contributed by atoms with Crippen molar-refractivity contribution < 1.29 is 49.8 Å². The molecule has 2 saturated heterocycles. The van der Waals surface area contributed by atoms with Gasteiger partial charge in [0.1, 0.15) is 17.3 Å². The van der Waals surface area contributed by atoms with Gasteiger partial charge in [0.25, 0.3) is 11.8 Å². The number of piperidine rings is 1. The maximum absolute atomic E-state index is 15.0. The van der Waals surface area contributed by atoms with Crippen LogP contribution in [0.4, 0.5) is 30.7 Å². The molecule has 1 aromatic heterocycles. The van der Waals surface area contributed by atoms with E-state index in [0.717, 1.165) is 36.7 Å². The summed E-state index contributed by atoms with van der Waals surface area (Å²) in [6.07, 6.45) is -6.74. The second-order valence-corrected chi connectivity index (χ2v) is 11.9. The highest BCUT2D eigenvalue weighted by molar-refractivity contribution is 5.97. The smallest absolute Gasteiger partial charge is 0.417 e. The third-order valence-corrected chi connectivity index (χ3v) is 9.00. The van der Waals surface area contributed by atoms with Crippen molar-refractivity contribution in [2.75, 3.05) is 26.7 Å². The minimum absolute atomic E-state index is 0.00383. The van der Waals surface area contributed by atoms with Crippen LogP contribution in [-0.4, -0.2) is 65.0 Å². The topological polar surface area (TPSA) is 72.0 Å².